The van der Waals surface area contributed by atoms with Crippen molar-refractivity contribution in [2.45, 2.75) is 13.5 Å². The van der Waals surface area contributed by atoms with Gasteiger partial charge in [0.1, 0.15) is 5.82 Å². The van der Waals surface area contributed by atoms with E-state index < -0.39 is 0 Å². The maximum atomic E-state index is 4.56. The molecule has 6 nitrogen and oxygen atoms in total. The van der Waals surface area contributed by atoms with Crippen molar-refractivity contribution in [3.05, 3.63) is 48.7 Å². The van der Waals surface area contributed by atoms with E-state index >= 15 is 0 Å². The SMILES string of the molecule is CCNc1cn2ccnc2c(NCc2ccncc2)n1. The molecule has 2 N–H and O–H groups in total. The zero-order valence-corrected chi connectivity index (χ0v) is 11.2. The predicted octanol–water partition coefficient (Wildman–Crippen LogP) is 2.17. The molecule has 0 fully saturated rings. The van der Waals surface area contributed by atoms with Crippen LogP contribution < -0.4 is 10.6 Å². The lowest BCUT2D eigenvalue weighted by Gasteiger charge is -2.10. The first kappa shape index (κ1) is 12.4. The van der Waals surface area contributed by atoms with Crippen molar-refractivity contribution in [1.29, 1.82) is 0 Å². The molecule has 0 aromatic carbocycles. The summed E-state index contributed by atoms with van der Waals surface area (Å²) >= 11 is 0. The van der Waals surface area contributed by atoms with E-state index in [4.69, 9.17) is 0 Å². The minimum absolute atomic E-state index is 0.688. The highest BCUT2D eigenvalue weighted by atomic mass is 15.1. The van der Waals surface area contributed by atoms with E-state index in [0.717, 1.165) is 29.4 Å². The Morgan fingerprint density at radius 3 is 2.80 bits per heavy atom. The van der Waals surface area contributed by atoms with Gasteiger partial charge in [-0.3, -0.25) is 4.98 Å². The molecule has 0 aliphatic heterocycles. The molecule has 6 heteroatoms. The molecule has 102 valence electrons. The van der Waals surface area contributed by atoms with Gasteiger partial charge in [-0.25, -0.2) is 9.97 Å². The van der Waals surface area contributed by atoms with Gasteiger partial charge in [0.15, 0.2) is 11.5 Å². The number of hydrogen-bond donors (Lipinski definition) is 2. The zero-order valence-electron chi connectivity index (χ0n) is 11.2. The van der Waals surface area contributed by atoms with E-state index in [0.29, 0.717) is 6.54 Å². The Labute approximate surface area is 116 Å². The average Bonchev–Trinajstić information content (AvgIpc) is 2.95. The van der Waals surface area contributed by atoms with Crippen molar-refractivity contribution in [2.75, 3.05) is 17.2 Å². The van der Waals surface area contributed by atoms with E-state index in [9.17, 15) is 0 Å². The van der Waals surface area contributed by atoms with E-state index in [1.54, 1.807) is 18.6 Å². The van der Waals surface area contributed by atoms with Gasteiger partial charge >= 0.3 is 0 Å². The fourth-order valence-corrected chi connectivity index (χ4v) is 2.00. The molecular formula is C14H16N6. The summed E-state index contributed by atoms with van der Waals surface area (Å²) in [5.74, 6) is 1.60. The molecule has 0 saturated carbocycles. The lowest BCUT2D eigenvalue weighted by molar-refractivity contribution is 1.05. The number of nitrogens with one attached hydrogen (secondary N) is 2. The quantitative estimate of drug-likeness (QED) is 0.742. The maximum absolute atomic E-state index is 4.56. The first-order chi connectivity index (χ1) is 9.86. The largest absolute Gasteiger partial charge is 0.369 e. The molecular weight excluding hydrogens is 252 g/mol. The monoisotopic (exact) mass is 268 g/mol. The molecule has 0 saturated heterocycles. The fraction of sp³-hybridized carbons (Fsp3) is 0.214. The number of imidazole rings is 1. The summed E-state index contributed by atoms with van der Waals surface area (Å²) < 4.78 is 1.96. The van der Waals surface area contributed by atoms with Crippen molar-refractivity contribution < 1.29 is 0 Å². The Morgan fingerprint density at radius 2 is 2.00 bits per heavy atom. The van der Waals surface area contributed by atoms with Crippen molar-refractivity contribution in [3.63, 3.8) is 0 Å². The molecule has 20 heavy (non-hydrogen) atoms. The summed E-state index contributed by atoms with van der Waals surface area (Å²) in [6, 6.07) is 3.95. The fourth-order valence-electron chi connectivity index (χ4n) is 2.00. The maximum Gasteiger partial charge on any atom is 0.180 e. The van der Waals surface area contributed by atoms with Crippen molar-refractivity contribution in [1.82, 2.24) is 19.4 Å². The summed E-state index contributed by atoms with van der Waals surface area (Å²) in [4.78, 5) is 12.9. The van der Waals surface area contributed by atoms with Gasteiger partial charge in [-0.1, -0.05) is 0 Å². The van der Waals surface area contributed by atoms with E-state index in [1.165, 1.54) is 0 Å². The lowest BCUT2D eigenvalue weighted by Crippen LogP contribution is -2.07. The Morgan fingerprint density at radius 1 is 1.15 bits per heavy atom. The van der Waals surface area contributed by atoms with Gasteiger partial charge in [0.05, 0.1) is 6.20 Å². The predicted molar refractivity (Wildman–Crippen MR) is 78.7 cm³/mol. The van der Waals surface area contributed by atoms with Crippen LogP contribution in [0.4, 0.5) is 11.6 Å². The molecule has 3 heterocycles. The lowest BCUT2D eigenvalue weighted by atomic mass is 10.3. The molecule has 3 aromatic heterocycles. The van der Waals surface area contributed by atoms with E-state index in [1.807, 2.05) is 35.9 Å². The minimum atomic E-state index is 0.688. The molecule has 0 bridgehead atoms. The summed E-state index contributed by atoms with van der Waals surface area (Å²) in [5, 5.41) is 6.54. The standard InChI is InChI=1S/C14H16N6/c1-2-16-12-10-20-8-7-17-14(20)13(19-12)18-9-11-3-5-15-6-4-11/h3-8,10,16H,2,9H2,1H3,(H,18,19). The molecule has 0 unspecified atom stereocenters. The number of rotatable bonds is 5. The second kappa shape index (κ2) is 5.56. The Kier molecular flexibility index (Phi) is 3.45. The van der Waals surface area contributed by atoms with Crippen LogP contribution in [0.15, 0.2) is 43.1 Å². The summed E-state index contributed by atoms with van der Waals surface area (Å²) in [6.07, 6.45) is 9.18. The molecule has 0 aliphatic rings. The number of fused-ring (bicyclic) bond motifs is 1. The highest BCUT2D eigenvalue weighted by Crippen LogP contribution is 2.17. The Balaban J connectivity index is 1.87. The number of hydrogen-bond acceptors (Lipinski definition) is 5. The first-order valence-electron chi connectivity index (χ1n) is 6.57. The van der Waals surface area contributed by atoms with Gasteiger partial charge in [-0.05, 0) is 24.6 Å². The molecule has 0 atom stereocenters. The van der Waals surface area contributed by atoms with Crippen LogP contribution in [0.5, 0.6) is 0 Å². The number of aromatic nitrogens is 4. The summed E-state index contributed by atoms with van der Waals surface area (Å²) in [6.45, 7) is 3.56. The van der Waals surface area contributed by atoms with Crippen molar-refractivity contribution in [2.24, 2.45) is 0 Å². The van der Waals surface area contributed by atoms with Crippen LogP contribution in [0, 0.1) is 0 Å². The van der Waals surface area contributed by atoms with Gasteiger partial charge in [-0.2, -0.15) is 0 Å². The van der Waals surface area contributed by atoms with Gasteiger partial charge in [-0.15, -0.1) is 0 Å². The van der Waals surface area contributed by atoms with Crippen LogP contribution in [0.3, 0.4) is 0 Å². The van der Waals surface area contributed by atoms with Gasteiger partial charge in [0, 0.05) is 37.9 Å². The Hall–Kier alpha value is -2.63. The van der Waals surface area contributed by atoms with E-state index in [2.05, 4.69) is 25.6 Å². The van der Waals surface area contributed by atoms with Crippen molar-refractivity contribution >= 4 is 17.3 Å². The van der Waals surface area contributed by atoms with Crippen LogP contribution in [0.25, 0.3) is 5.65 Å². The first-order valence-corrected chi connectivity index (χ1v) is 6.57. The highest BCUT2D eigenvalue weighted by molar-refractivity contribution is 5.65. The molecule has 0 aliphatic carbocycles. The van der Waals surface area contributed by atoms with Crippen LogP contribution >= 0.6 is 0 Å². The normalized spacial score (nSPS) is 10.7. The zero-order chi connectivity index (χ0) is 13.8. The molecule has 0 spiro atoms. The molecule has 3 aromatic rings. The second-order valence-electron chi connectivity index (χ2n) is 4.37. The number of pyridine rings is 1. The van der Waals surface area contributed by atoms with Crippen LogP contribution in [-0.2, 0) is 6.54 Å². The average molecular weight is 268 g/mol. The third-order valence-corrected chi connectivity index (χ3v) is 2.94. The molecule has 3 rings (SSSR count). The minimum Gasteiger partial charge on any atom is -0.369 e. The summed E-state index contributed by atoms with van der Waals surface area (Å²) in [5.41, 5.74) is 1.97. The van der Waals surface area contributed by atoms with Gasteiger partial charge < -0.3 is 15.0 Å². The van der Waals surface area contributed by atoms with Crippen LogP contribution in [0.2, 0.25) is 0 Å². The van der Waals surface area contributed by atoms with E-state index in [-0.39, 0.29) is 0 Å². The topological polar surface area (TPSA) is 67.1 Å². The van der Waals surface area contributed by atoms with Crippen LogP contribution in [0.1, 0.15) is 12.5 Å². The van der Waals surface area contributed by atoms with Crippen LogP contribution in [-0.4, -0.2) is 25.9 Å². The third-order valence-electron chi connectivity index (χ3n) is 2.94. The third kappa shape index (κ3) is 2.54. The Bertz CT molecular complexity index is 691. The number of anilines is 2. The highest BCUT2D eigenvalue weighted by Gasteiger charge is 2.06. The summed E-state index contributed by atoms with van der Waals surface area (Å²) in [7, 11) is 0. The van der Waals surface area contributed by atoms with Crippen molar-refractivity contribution in [3.8, 4) is 0 Å². The van der Waals surface area contributed by atoms with Gasteiger partial charge in [0.2, 0.25) is 0 Å². The second-order valence-corrected chi connectivity index (χ2v) is 4.37. The molecule has 0 radical (unpaired) electrons. The van der Waals surface area contributed by atoms with Gasteiger partial charge in [0.25, 0.3) is 0 Å². The smallest absolute Gasteiger partial charge is 0.180 e. The number of nitrogens with zero attached hydrogens (tertiary/aromatic N) is 4. The molecule has 0 amide bonds.